The molecule has 0 aromatic heterocycles. The molecule has 0 aliphatic heterocycles. The molecule has 2 unspecified atom stereocenters. The van der Waals surface area contributed by atoms with E-state index in [4.69, 9.17) is 8.81 Å². The number of benzene rings is 1. The van der Waals surface area contributed by atoms with Crippen molar-refractivity contribution in [2.24, 2.45) is 5.73 Å². The van der Waals surface area contributed by atoms with Gasteiger partial charge < -0.3 is 50.9 Å². The van der Waals surface area contributed by atoms with Crippen LogP contribution in [0.15, 0.2) is 24.3 Å². The van der Waals surface area contributed by atoms with Crippen molar-refractivity contribution < 1.29 is 54.0 Å². The topological polar surface area (TPSA) is 35.2 Å². The molecular weight excluding hydrogens is 541 g/mol. The van der Waals surface area contributed by atoms with E-state index in [1.54, 1.807) is 11.8 Å². The summed E-state index contributed by atoms with van der Waals surface area (Å²) in [5, 5.41) is 0. The minimum atomic E-state index is 0. The smallest absolute Gasteiger partial charge is 1.00 e. The van der Waals surface area contributed by atoms with Crippen molar-refractivity contribution in [2.45, 2.75) is 18.4 Å². The molecule has 1 aromatic carbocycles. The van der Waals surface area contributed by atoms with Gasteiger partial charge >= 0.3 is 104 Å². The minimum Gasteiger partial charge on any atom is -1.00 e. The standard InChI is InChI=1S/C10H14NOS.3BrH.Sn/c1-7(11)8-5-3-4-6-9(8)10(12)13-2;;;;/h3-7,10H,11H2,1-2H3;3*1H;/q-1;;;;+4/p-3. The Labute approximate surface area is 153 Å². The minimum absolute atomic E-state index is 0. The summed E-state index contributed by atoms with van der Waals surface area (Å²) in [6, 6.07) is 8.26. The summed E-state index contributed by atoms with van der Waals surface area (Å²) in [5.74, 6) is 0. The molecule has 0 aliphatic carbocycles. The number of hydrogen-bond donors (Lipinski definition) is 1. The van der Waals surface area contributed by atoms with Crippen LogP contribution in [0, 0.1) is 0 Å². The molecule has 0 saturated heterocycles. The predicted molar refractivity (Wildman–Crippen MR) is 62.1 cm³/mol. The molecule has 2 atom stereocenters. The van der Waals surface area contributed by atoms with Gasteiger partial charge in [-0.05, 0) is 0 Å². The monoisotopic (exact) mass is 553 g/mol. The van der Waals surface area contributed by atoms with Crippen molar-refractivity contribution in [3.63, 3.8) is 0 Å². The van der Waals surface area contributed by atoms with E-state index in [0.29, 0.717) is 0 Å². The number of halogens is 3. The van der Waals surface area contributed by atoms with Crippen LogP contribution in [-0.4, -0.2) is 29.2 Å². The quantitative estimate of drug-likeness (QED) is 0.297. The number of nitrogens with two attached hydrogens (primary N) is 1. The van der Waals surface area contributed by atoms with Crippen LogP contribution in [0.4, 0.5) is 0 Å². The third-order valence-electron chi connectivity index (χ3n) is 2.06. The van der Waals surface area contributed by atoms with Gasteiger partial charge in [-0.3, -0.25) is 0 Å². The molecule has 1 aromatic rings. The van der Waals surface area contributed by atoms with Gasteiger partial charge in [0.25, 0.3) is 0 Å². The first-order chi connectivity index (χ1) is 6.70. The summed E-state index contributed by atoms with van der Waals surface area (Å²) in [6.07, 6.45) is 2.05. The molecule has 0 aliphatic rings. The second-order valence-electron chi connectivity index (χ2n) is 3.10. The van der Waals surface area contributed by atoms with Gasteiger partial charge in [0.1, 0.15) is 0 Å². The maximum Gasteiger partial charge on any atom is -1.00 e. The molecule has 2 nitrogen and oxygen atoms in total. The Kier molecular flexibility index (Phi) is 17.8. The molecule has 2 N–H and O–H groups in total. The van der Waals surface area contributed by atoms with E-state index in [9.17, 15) is 0 Å². The third-order valence-corrected chi connectivity index (χ3v) is 4.00. The molecule has 17 heavy (non-hydrogen) atoms. The van der Waals surface area contributed by atoms with Crippen LogP contribution < -0.4 is 56.7 Å². The van der Waals surface area contributed by atoms with E-state index >= 15 is 0 Å². The van der Waals surface area contributed by atoms with Gasteiger partial charge in [0.15, 0.2) is 0 Å². The molecule has 0 heterocycles. The Balaban J connectivity index is -0.000000653. The van der Waals surface area contributed by atoms with Gasteiger partial charge in [-0.2, -0.15) is 0 Å². The molecule has 0 saturated carbocycles. The Bertz CT molecular complexity index is 301. The summed E-state index contributed by atoms with van der Waals surface area (Å²) in [7, 11) is 0. The molecule has 1 rings (SSSR count). The number of thioether (sulfide) groups is 1. The van der Waals surface area contributed by atoms with E-state index in [1.165, 1.54) is 11.1 Å². The SMILES string of the molecule is CSC([O][Sn+3])c1ccccc1C(C)N.[Br-].[Br-].[Br-]. The van der Waals surface area contributed by atoms with Crippen molar-refractivity contribution in [2.75, 3.05) is 6.26 Å². The van der Waals surface area contributed by atoms with Crippen LogP contribution in [0.25, 0.3) is 0 Å². The molecule has 96 valence electrons. The fourth-order valence-electron chi connectivity index (χ4n) is 1.38. The van der Waals surface area contributed by atoms with E-state index in [2.05, 4.69) is 12.1 Å². The molecular formula is C10H14Br3NOSSn. The zero-order chi connectivity index (χ0) is 10.6. The van der Waals surface area contributed by atoms with E-state index < -0.39 is 0 Å². The number of rotatable bonds is 4. The molecule has 0 radical (unpaired) electrons. The van der Waals surface area contributed by atoms with Crippen LogP contribution in [0.2, 0.25) is 0 Å². The summed E-state index contributed by atoms with van der Waals surface area (Å²) >= 11 is 2.79. The van der Waals surface area contributed by atoms with Gasteiger partial charge in [-0.15, -0.1) is 0 Å². The fourth-order valence-corrected chi connectivity index (χ4v) is 3.13. The Morgan fingerprint density at radius 2 is 1.65 bits per heavy atom. The predicted octanol–water partition coefficient (Wildman–Crippen LogP) is -6.82. The van der Waals surface area contributed by atoms with Crippen molar-refractivity contribution in [3.8, 4) is 0 Å². The van der Waals surface area contributed by atoms with Crippen molar-refractivity contribution in [1.29, 1.82) is 0 Å². The first kappa shape index (κ1) is 23.8. The van der Waals surface area contributed by atoms with Gasteiger partial charge in [-0.25, -0.2) is 0 Å². The molecule has 0 fully saturated rings. The average molecular weight is 555 g/mol. The van der Waals surface area contributed by atoms with E-state index in [0.717, 1.165) is 22.9 Å². The second kappa shape index (κ2) is 12.7. The fraction of sp³-hybridized carbons (Fsp3) is 0.400. The van der Waals surface area contributed by atoms with Crippen LogP contribution in [0.1, 0.15) is 29.5 Å². The van der Waals surface area contributed by atoms with Crippen LogP contribution in [0.5, 0.6) is 0 Å². The van der Waals surface area contributed by atoms with Gasteiger partial charge in [0, 0.05) is 0 Å². The molecule has 0 amide bonds. The van der Waals surface area contributed by atoms with Crippen LogP contribution in [-0.2, 0) is 3.07 Å². The van der Waals surface area contributed by atoms with Crippen molar-refractivity contribution >= 4 is 34.7 Å². The van der Waals surface area contributed by atoms with Crippen molar-refractivity contribution in [3.05, 3.63) is 35.4 Å². The Hall–Kier alpha value is 1.73. The molecule has 0 spiro atoms. The first-order valence-electron chi connectivity index (χ1n) is 4.40. The normalized spacial score (nSPS) is 12.5. The summed E-state index contributed by atoms with van der Waals surface area (Å²) < 4.78 is 5.47. The van der Waals surface area contributed by atoms with Crippen LogP contribution in [0.3, 0.4) is 0 Å². The average Bonchev–Trinajstić information content (AvgIpc) is 2.20. The maximum absolute atomic E-state index is 5.90. The second-order valence-corrected chi connectivity index (χ2v) is 4.68. The van der Waals surface area contributed by atoms with E-state index in [-0.39, 0.29) is 62.4 Å². The molecule has 7 heteroatoms. The van der Waals surface area contributed by atoms with E-state index in [1.807, 2.05) is 25.3 Å². The zero-order valence-corrected chi connectivity index (χ0v) is 17.9. The zero-order valence-electron chi connectivity index (χ0n) is 9.49. The largest absolute Gasteiger partial charge is 1.00 e. The van der Waals surface area contributed by atoms with Crippen molar-refractivity contribution in [1.82, 2.24) is 0 Å². The summed E-state index contributed by atoms with van der Waals surface area (Å²) in [5.41, 5.74) is 8.40. The third kappa shape index (κ3) is 7.17. The molecule has 0 bridgehead atoms. The summed E-state index contributed by atoms with van der Waals surface area (Å²) in [4.78, 5) is 0. The van der Waals surface area contributed by atoms with Gasteiger partial charge in [-0.1, -0.05) is 0 Å². The summed E-state index contributed by atoms with van der Waals surface area (Å²) in [6.45, 7) is 2.00. The number of hydrogen-bond acceptors (Lipinski definition) is 3. The Morgan fingerprint density at radius 3 is 2.00 bits per heavy atom. The van der Waals surface area contributed by atoms with Gasteiger partial charge in [0.2, 0.25) is 0 Å². The Morgan fingerprint density at radius 1 is 1.18 bits per heavy atom. The van der Waals surface area contributed by atoms with Gasteiger partial charge in [0.05, 0.1) is 0 Å². The first-order valence-corrected chi connectivity index (χ1v) is 6.85. The maximum atomic E-state index is 5.90. The van der Waals surface area contributed by atoms with Crippen LogP contribution >= 0.6 is 11.8 Å².